The zero-order chi connectivity index (χ0) is 19.5. The maximum atomic E-state index is 12.6. The van der Waals surface area contributed by atoms with Gasteiger partial charge in [-0.25, -0.2) is 4.98 Å². The van der Waals surface area contributed by atoms with Crippen LogP contribution in [0.5, 0.6) is 11.5 Å². The van der Waals surface area contributed by atoms with Gasteiger partial charge in [0.05, 0.1) is 0 Å². The summed E-state index contributed by atoms with van der Waals surface area (Å²) in [5, 5.41) is 5.94. The normalized spacial score (nSPS) is 11.8. The van der Waals surface area contributed by atoms with Crippen LogP contribution in [0, 0.1) is 0 Å². The lowest BCUT2D eigenvalue weighted by Crippen LogP contribution is -2.12. The van der Waals surface area contributed by atoms with Crippen molar-refractivity contribution < 1.29 is 19.1 Å². The van der Waals surface area contributed by atoms with Crippen molar-refractivity contribution in [2.45, 2.75) is 6.92 Å². The summed E-state index contributed by atoms with van der Waals surface area (Å²) in [5.74, 6) is 1.51. The minimum atomic E-state index is -0.295. The number of nitrogens with zero attached hydrogens (tertiary/aromatic N) is 1. The van der Waals surface area contributed by atoms with Crippen molar-refractivity contribution >= 4 is 28.9 Å². The summed E-state index contributed by atoms with van der Waals surface area (Å²) in [6.07, 6.45) is 1.55. The van der Waals surface area contributed by atoms with Crippen molar-refractivity contribution in [3.8, 4) is 11.5 Å². The lowest BCUT2D eigenvalue weighted by Gasteiger charge is -2.09. The molecule has 0 saturated carbocycles. The molecule has 1 amide bonds. The van der Waals surface area contributed by atoms with E-state index in [9.17, 15) is 9.59 Å². The van der Waals surface area contributed by atoms with Gasteiger partial charge in [0.2, 0.25) is 6.79 Å². The Bertz CT molecular complexity index is 1070. The van der Waals surface area contributed by atoms with E-state index in [4.69, 9.17) is 9.47 Å². The SMILES string of the molecule is CC(=O)c1cccc(NC(=O)c2ccnc(Nc3ccc4c(c3)OCO4)c2)c1. The molecule has 1 aliphatic rings. The van der Waals surface area contributed by atoms with Crippen molar-refractivity contribution in [2.75, 3.05) is 17.4 Å². The maximum absolute atomic E-state index is 12.6. The number of rotatable bonds is 5. The fraction of sp³-hybridized carbons (Fsp3) is 0.0952. The molecule has 4 rings (SSSR count). The first-order chi connectivity index (χ1) is 13.6. The van der Waals surface area contributed by atoms with E-state index in [1.54, 1.807) is 42.6 Å². The molecule has 0 aliphatic carbocycles. The van der Waals surface area contributed by atoms with Crippen LogP contribution >= 0.6 is 0 Å². The number of nitrogens with one attached hydrogen (secondary N) is 2. The summed E-state index contributed by atoms with van der Waals surface area (Å²) in [4.78, 5) is 28.3. The second kappa shape index (κ2) is 7.40. The monoisotopic (exact) mass is 375 g/mol. The molecule has 140 valence electrons. The Hall–Kier alpha value is -3.87. The number of anilines is 3. The van der Waals surface area contributed by atoms with Crippen LogP contribution < -0.4 is 20.1 Å². The molecule has 0 radical (unpaired) electrons. The zero-order valence-corrected chi connectivity index (χ0v) is 15.1. The number of fused-ring (bicyclic) bond motifs is 1. The van der Waals surface area contributed by atoms with Crippen LogP contribution in [0.4, 0.5) is 17.2 Å². The van der Waals surface area contributed by atoms with Crippen molar-refractivity contribution in [1.82, 2.24) is 4.98 Å². The summed E-state index contributed by atoms with van der Waals surface area (Å²) >= 11 is 0. The van der Waals surface area contributed by atoms with Crippen LogP contribution in [0.3, 0.4) is 0 Å². The minimum absolute atomic E-state index is 0.0600. The molecular weight excluding hydrogens is 358 g/mol. The average Bonchev–Trinajstić information content (AvgIpc) is 3.16. The van der Waals surface area contributed by atoms with Crippen molar-refractivity contribution in [2.24, 2.45) is 0 Å². The third-order valence-corrected chi connectivity index (χ3v) is 4.19. The van der Waals surface area contributed by atoms with Gasteiger partial charge in [-0.05, 0) is 43.3 Å². The molecule has 0 saturated heterocycles. The standard InChI is InChI=1S/C21H17N3O4/c1-13(25)14-3-2-4-16(9-14)24-21(26)15-7-8-22-20(10-15)23-17-5-6-18-19(11-17)28-12-27-18/h2-11H,12H2,1H3,(H,22,23)(H,24,26). The summed E-state index contributed by atoms with van der Waals surface area (Å²) in [7, 11) is 0. The number of aromatic nitrogens is 1. The molecule has 2 aromatic carbocycles. The number of hydrogen-bond donors (Lipinski definition) is 2. The topological polar surface area (TPSA) is 89.6 Å². The number of ketones is 1. The van der Waals surface area contributed by atoms with Gasteiger partial charge < -0.3 is 20.1 Å². The van der Waals surface area contributed by atoms with Crippen LogP contribution in [0.2, 0.25) is 0 Å². The van der Waals surface area contributed by atoms with Crippen LogP contribution in [-0.4, -0.2) is 23.5 Å². The molecule has 2 heterocycles. The van der Waals surface area contributed by atoms with Gasteiger partial charge >= 0.3 is 0 Å². The summed E-state index contributed by atoms with van der Waals surface area (Å²) in [5.41, 5.74) is 2.30. The molecule has 7 nitrogen and oxygen atoms in total. The van der Waals surface area contributed by atoms with Gasteiger partial charge in [0.1, 0.15) is 5.82 Å². The highest BCUT2D eigenvalue weighted by atomic mass is 16.7. The summed E-state index contributed by atoms with van der Waals surface area (Å²) in [6.45, 7) is 1.69. The summed E-state index contributed by atoms with van der Waals surface area (Å²) in [6, 6.07) is 15.5. The van der Waals surface area contributed by atoms with Gasteiger partial charge in [-0.15, -0.1) is 0 Å². The fourth-order valence-corrected chi connectivity index (χ4v) is 2.78. The smallest absolute Gasteiger partial charge is 0.255 e. The molecular formula is C21H17N3O4. The Morgan fingerprint density at radius 2 is 1.79 bits per heavy atom. The van der Waals surface area contributed by atoms with Crippen molar-refractivity contribution in [1.29, 1.82) is 0 Å². The van der Waals surface area contributed by atoms with Gasteiger partial charge in [0.15, 0.2) is 17.3 Å². The first kappa shape index (κ1) is 17.5. The lowest BCUT2D eigenvalue weighted by atomic mass is 10.1. The number of amides is 1. The molecule has 1 aliphatic heterocycles. The Morgan fingerprint density at radius 3 is 2.64 bits per heavy atom. The van der Waals surface area contributed by atoms with E-state index in [1.165, 1.54) is 6.92 Å². The van der Waals surface area contributed by atoms with E-state index in [0.29, 0.717) is 34.1 Å². The number of carbonyl (C=O) groups is 2. The molecule has 0 bridgehead atoms. The Morgan fingerprint density at radius 1 is 0.929 bits per heavy atom. The van der Waals surface area contributed by atoms with E-state index in [0.717, 1.165) is 5.69 Å². The first-order valence-corrected chi connectivity index (χ1v) is 8.63. The minimum Gasteiger partial charge on any atom is -0.454 e. The van der Waals surface area contributed by atoms with Crippen LogP contribution in [0.25, 0.3) is 0 Å². The number of pyridine rings is 1. The lowest BCUT2D eigenvalue weighted by molar-refractivity contribution is 0.101. The van der Waals surface area contributed by atoms with Crippen LogP contribution in [-0.2, 0) is 0 Å². The highest BCUT2D eigenvalue weighted by Crippen LogP contribution is 2.34. The molecule has 28 heavy (non-hydrogen) atoms. The average molecular weight is 375 g/mol. The van der Waals surface area contributed by atoms with Crippen molar-refractivity contribution in [3.05, 3.63) is 71.9 Å². The zero-order valence-electron chi connectivity index (χ0n) is 15.1. The Balaban J connectivity index is 1.49. The second-order valence-corrected chi connectivity index (χ2v) is 6.21. The first-order valence-electron chi connectivity index (χ1n) is 8.63. The largest absolute Gasteiger partial charge is 0.454 e. The number of hydrogen-bond acceptors (Lipinski definition) is 6. The van der Waals surface area contributed by atoms with Gasteiger partial charge in [-0.3, -0.25) is 9.59 Å². The van der Waals surface area contributed by atoms with Crippen LogP contribution in [0.1, 0.15) is 27.6 Å². The highest BCUT2D eigenvalue weighted by Gasteiger charge is 2.14. The Labute approximate surface area is 161 Å². The van der Waals surface area contributed by atoms with Gasteiger partial charge in [0.25, 0.3) is 5.91 Å². The predicted molar refractivity (Wildman–Crippen MR) is 104 cm³/mol. The van der Waals surface area contributed by atoms with E-state index < -0.39 is 0 Å². The number of ether oxygens (including phenoxy) is 2. The Kier molecular flexibility index (Phi) is 4.63. The quantitative estimate of drug-likeness (QED) is 0.655. The molecule has 0 fully saturated rings. The van der Waals surface area contributed by atoms with E-state index in [2.05, 4.69) is 15.6 Å². The molecule has 7 heteroatoms. The summed E-state index contributed by atoms with van der Waals surface area (Å²) < 4.78 is 10.7. The molecule has 2 N–H and O–H groups in total. The third kappa shape index (κ3) is 3.78. The van der Waals surface area contributed by atoms with Gasteiger partial charge in [-0.2, -0.15) is 0 Å². The highest BCUT2D eigenvalue weighted by molar-refractivity contribution is 6.05. The number of carbonyl (C=O) groups excluding carboxylic acids is 2. The molecule has 0 unspecified atom stereocenters. The number of Topliss-reactive ketones (excluding diaryl/α,β-unsaturated/α-hetero) is 1. The molecule has 1 aromatic heterocycles. The van der Waals surface area contributed by atoms with Crippen LogP contribution in [0.15, 0.2) is 60.8 Å². The van der Waals surface area contributed by atoms with Gasteiger partial charge in [0, 0.05) is 34.8 Å². The van der Waals surface area contributed by atoms with Gasteiger partial charge in [-0.1, -0.05) is 12.1 Å². The van der Waals surface area contributed by atoms with E-state index >= 15 is 0 Å². The van der Waals surface area contributed by atoms with E-state index in [1.807, 2.05) is 18.2 Å². The molecule has 0 spiro atoms. The maximum Gasteiger partial charge on any atom is 0.255 e. The van der Waals surface area contributed by atoms with E-state index in [-0.39, 0.29) is 18.5 Å². The second-order valence-electron chi connectivity index (χ2n) is 6.21. The van der Waals surface area contributed by atoms with Crippen molar-refractivity contribution in [3.63, 3.8) is 0 Å². The molecule has 0 atom stereocenters. The predicted octanol–water partition coefficient (Wildman–Crippen LogP) is 4.01. The molecule has 3 aromatic rings. The number of benzene rings is 2. The fourth-order valence-electron chi connectivity index (χ4n) is 2.78. The third-order valence-electron chi connectivity index (χ3n) is 4.19.